The summed E-state index contributed by atoms with van der Waals surface area (Å²) in [6, 6.07) is 0. The van der Waals surface area contributed by atoms with Crippen molar-refractivity contribution in [1.29, 1.82) is 0 Å². The Morgan fingerprint density at radius 1 is 1.57 bits per heavy atom. The number of thiazole rings is 1. The first kappa shape index (κ1) is 9.08. The summed E-state index contributed by atoms with van der Waals surface area (Å²) in [5.41, 5.74) is 2.38. The van der Waals surface area contributed by atoms with E-state index in [4.69, 9.17) is 0 Å². The fraction of sp³-hybridized carbons (Fsp3) is 0.222. The monoisotopic (exact) mass is 207 g/mol. The van der Waals surface area contributed by atoms with Crippen LogP contribution in [0.2, 0.25) is 0 Å². The molecule has 5 heteroatoms. The van der Waals surface area contributed by atoms with E-state index in [1.54, 1.807) is 35.8 Å². The van der Waals surface area contributed by atoms with Gasteiger partial charge in [-0.1, -0.05) is 0 Å². The van der Waals surface area contributed by atoms with Gasteiger partial charge in [-0.05, 0) is 0 Å². The molecule has 0 aromatic carbocycles. The first-order chi connectivity index (χ1) is 6.75. The number of rotatable bonds is 3. The lowest BCUT2D eigenvalue weighted by Gasteiger charge is -1.92. The number of hydrogen-bond donors (Lipinski definition) is 0. The van der Waals surface area contributed by atoms with Gasteiger partial charge in [-0.3, -0.25) is 14.5 Å². The zero-order valence-corrected chi connectivity index (χ0v) is 8.49. The molecule has 0 atom stereocenters. The Morgan fingerprint density at radius 3 is 3.00 bits per heavy atom. The van der Waals surface area contributed by atoms with Gasteiger partial charge in [0.05, 0.1) is 17.3 Å². The lowest BCUT2D eigenvalue weighted by molar-refractivity contribution is 0.0993. The zero-order chi connectivity index (χ0) is 9.97. The predicted octanol–water partition coefficient (Wildman–Crippen LogP) is 1.30. The minimum absolute atomic E-state index is 0.0855. The van der Waals surface area contributed by atoms with Crippen LogP contribution in [0.1, 0.15) is 15.2 Å². The van der Waals surface area contributed by atoms with E-state index in [0.717, 1.165) is 4.88 Å². The molecule has 2 aromatic heterocycles. The van der Waals surface area contributed by atoms with Gasteiger partial charge in [0.1, 0.15) is 0 Å². The molecule has 2 rings (SSSR count). The highest BCUT2D eigenvalue weighted by atomic mass is 32.1. The van der Waals surface area contributed by atoms with E-state index < -0.39 is 0 Å². The molecule has 0 aliphatic carbocycles. The lowest BCUT2D eigenvalue weighted by Crippen LogP contribution is -2.00. The molecule has 0 unspecified atom stereocenters. The number of aromatic nitrogens is 3. The highest BCUT2D eigenvalue weighted by molar-refractivity contribution is 7.09. The van der Waals surface area contributed by atoms with Crippen molar-refractivity contribution in [3.05, 3.63) is 34.5 Å². The summed E-state index contributed by atoms with van der Waals surface area (Å²) in [6.07, 6.45) is 5.45. The third-order valence-corrected chi connectivity index (χ3v) is 2.62. The van der Waals surface area contributed by atoms with Gasteiger partial charge < -0.3 is 0 Å². The second kappa shape index (κ2) is 3.71. The summed E-state index contributed by atoms with van der Waals surface area (Å²) in [7, 11) is 1.80. The van der Waals surface area contributed by atoms with Crippen molar-refractivity contribution in [2.45, 2.75) is 6.42 Å². The Balaban J connectivity index is 2.10. The largest absolute Gasteiger partial charge is 0.294 e. The van der Waals surface area contributed by atoms with Gasteiger partial charge in [0.15, 0.2) is 5.78 Å². The van der Waals surface area contributed by atoms with E-state index in [9.17, 15) is 4.79 Å². The van der Waals surface area contributed by atoms with E-state index in [1.165, 1.54) is 11.3 Å². The molecular weight excluding hydrogens is 198 g/mol. The van der Waals surface area contributed by atoms with Gasteiger partial charge in [0, 0.05) is 30.7 Å². The zero-order valence-electron chi connectivity index (χ0n) is 7.67. The summed E-state index contributed by atoms with van der Waals surface area (Å²) in [6.45, 7) is 0. The highest BCUT2D eigenvalue weighted by Gasteiger charge is 2.09. The second-order valence-corrected chi connectivity index (χ2v) is 3.94. The Kier molecular flexibility index (Phi) is 2.41. The van der Waals surface area contributed by atoms with Crippen LogP contribution in [-0.4, -0.2) is 20.5 Å². The van der Waals surface area contributed by atoms with E-state index in [-0.39, 0.29) is 5.78 Å². The number of carbonyl (C=O) groups is 1. The van der Waals surface area contributed by atoms with Crippen molar-refractivity contribution in [2.75, 3.05) is 0 Å². The van der Waals surface area contributed by atoms with Crippen molar-refractivity contribution in [3.8, 4) is 0 Å². The quantitative estimate of drug-likeness (QED) is 0.713. The maximum absolute atomic E-state index is 11.7. The summed E-state index contributed by atoms with van der Waals surface area (Å²) < 4.78 is 1.62. The molecule has 0 fully saturated rings. The van der Waals surface area contributed by atoms with Gasteiger partial charge >= 0.3 is 0 Å². The average Bonchev–Trinajstić information content (AvgIpc) is 2.75. The summed E-state index contributed by atoms with van der Waals surface area (Å²) >= 11 is 1.49. The number of hydrogen-bond acceptors (Lipinski definition) is 4. The molecule has 0 aliphatic rings. The number of Topliss-reactive ketones (excluding diaryl/α,β-unsaturated/α-hetero) is 1. The Labute approximate surface area is 85.2 Å². The van der Waals surface area contributed by atoms with Crippen LogP contribution in [0.5, 0.6) is 0 Å². The van der Waals surface area contributed by atoms with Crippen molar-refractivity contribution in [1.82, 2.24) is 14.8 Å². The standard InChI is InChI=1S/C9H9N3OS/c1-12-5-7(3-11-12)9(13)2-8-4-10-6-14-8/h3-6H,2H2,1H3. The molecule has 0 spiro atoms. The fourth-order valence-electron chi connectivity index (χ4n) is 1.15. The normalized spacial score (nSPS) is 10.4. The number of nitrogens with zero attached hydrogens (tertiary/aromatic N) is 3. The number of aryl methyl sites for hydroxylation is 1. The smallest absolute Gasteiger partial charge is 0.171 e. The first-order valence-electron chi connectivity index (χ1n) is 4.15. The maximum atomic E-state index is 11.7. The average molecular weight is 207 g/mol. The molecule has 2 aromatic rings. The molecule has 4 nitrogen and oxygen atoms in total. The third kappa shape index (κ3) is 1.88. The molecule has 14 heavy (non-hydrogen) atoms. The molecule has 72 valence electrons. The molecule has 0 bridgehead atoms. The van der Waals surface area contributed by atoms with Crippen molar-refractivity contribution in [2.24, 2.45) is 7.05 Å². The molecule has 0 saturated carbocycles. The Hall–Kier alpha value is -1.49. The van der Waals surface area contributed by atoms with Crippen LogP contribution in [0.4, 0.5) is 0 Å². The number of carbonyl (C=O) groups excluding carboxylic acids is 1. The van der Waals surface area contributed by atoms with Gasteiger partial charge in [-0.25, -0.2) is 0 Å². The molecular formula is C9H9N3OS. The maximum Gasteiger partial charge on any atom is 0.171 e. The van der Waals surface area contributed by atoms with Gasteiger partial charge in [-0.15, -0.1) is 11.3 Å². The van der Waals surface area contributed by atoms with Gasteiger partial charge in [0.25, 0.3) is 0 Å². The van der Waals surface area contributed by atoms with E-state index in [2.05, 4.69) is 10.1 Å². The topological polar surface area (TPSA) is 47.8 Å². The predicted molar refractivity (Wildman–Crippen MR) is 53.4 cm³/mol. The van der Waals surface area contributed by atoms with Crippen LogP contribution >= 0.6 is 11.3 Å². The highest BCUT2D eigenvalue weighted by Crippen LogP contribution is 2.10. The van der Waals surface area contributed by atoms with Gasteiger partial charge in [-0.2, -0.15) is 5.10 Å². The van der Waals surface area contributed by atoms with Crippen LogP contribution in [0.3, 0.4) is 0 Å². The Bertz CT molecular complexity index is 433. The summed E-state index contributed by atoms with van der Waals surface area (Å²) in [5, 5.41) is 3.95. The molecule has 0 radical (unpaired) electrons. The third-order valence-electron chi connectivity index (χ3n) is 1.85. The SMILES string of the molecule is Cn1cc(C(=O)Cc2cncs2)cn1. The van der Waals surface area contributed by atoms with Crippen LogP contribution < -0.4 is 0 Å². The Morgan fingerprint density at radius 2 is 2.43 bits per heavy atom. The number of ketones is 1. The van der Waals surface area contributed by atoms with Crippen LogP contribution in [0.15, 0.2) is 24.1 Å². The second-order valence-electron chi connectivity index (χ2n) is 2.97. The van der Waals surface area contributed by atoms with E-state index in [0.29, 0.717) is 12.0 Å². The fourth-order valence-corrected chi connectivity index (χ4v) is 1.75. The van der Waals surface area contributed by atoms with Crippen molar-refractivity contribution in [3.63, 3.8) is 0 Å². The van der Waals surface area contributed by atoms with Crippen LogP contribution in [0.25, 0.3) is 0 Å². The van der Waals surface area contributed by atoms with Crippen molar-refractivity contribution >= 4 is 17.1 Å². The van der Waals surface area contributed by atoms with Crippen LogP contribution in [-0.2, 0) is 13.5 Å². The van der Waals surface area contributed by atoms with E-state index >= 15 is 0 Å². The van der Waals surface area contributed by atoms with Crippen molar-refractivity contribution < 1.29 is 4.79 Å². The minimum atomic E-state index is 0.0855. The molecule has 0 aliphatic heterocycles. The molecule has 2 heterocycles. The summed E-state index contributed by atoms with van der Waals surface area (Å²) in [5.74, 6) is 0.0855. The van der Waals surface area contributed by atoms with Gasteiger partial charge in [0.2, 0.25) is 0 Å². The molecule has 0 saturated heterocycles. The molecule has 0 amide bonds. The molecule has 0 N–H and O–H groups in total. The van der Waals surface area contributed by atoms with Crippen LogP contribution in [0, 0.1) is 0 Å². The van der Waals surface area contributed by atoms with E-state index in [1.807, 2.05) is 0 Å². The summed E-state index contributed by atoms with van der Waals surface area (Å²) in [4.78, 5) is 16.6. The minimum Gasteiger partial charge on any atom is -0.294 e. The first-order valence-corrected chi connectivity index (χ1v) is 5.03. The lowest BCUT2D eigenvalue weighted by atomic mass is 10.1.